The summed E-state index contributed by atoms with van der Waals surface area (Å²) in [5.41, 5.74) is 2.02. The lowest BCUT2D eigenvalue weighted by Crippen LogP contribution is -2.05. The first-order valence-electron chi connectivity index (χ1n) is 5.54. The van der Waals surface area contributed by atoms with Crippen LogP contribution in [-0.4, -0.2) is 24.5 Å². The molecule has 1 rings (SSSR count). The minimum absolute atomic E-state index is 0.000941. The molecule has 90 valence electrons. The summed E-state index contributed by atoms with van der Waals surface area (Å²) in [5, 5.41) is 12.7. The van der Waals surface area contributed by atoms with Crippen LogP contribution in [-0.2, 0) is 0 Å². The number of carbonyl (C=O) groups excluding carboxylic acids is 1. The van der Waals surface area contributed by atoms with E-state index >= 15 is 0 Å². The van der Waals surface area contributed by atoms with Crippen molar-refractivity contribution in [3.8, 4) is 17.6 Å². The van der Waals surface area contributed by atoms with Gasteiger partial charge in [-0.1, -0.05) is 11.8 Å². The number of ketones is 1. The lowest BCUT2D eigenvalue weighted by Gasteiger charge is -2.04. The Bertz CT molecular complexity index is 481. The SMILES string of the molecule is CNCCC#Cc1cc(O)c(C(C)=O)cc1C. The van der Waals surface area contributed by atoms with Crippen molar-refractivity contribution in [2.75, 3.05) is 13.6 Å². The summed E-state index contributed by atoms with van der Waals surface area (Å²) in [5.74, 6) is 5.87. The fourth-order valence-electron chi connectivity index (χ4n) is 1.46. The zero-order valence-electron chi connectivity index (χ0n) is 10.4. The number of nitrogens with one attached hydrogen (secondary N) is 1. The van der Waals surface area contributed by atoms with Crippen LogP contribution in [0.5, 0.6) is 5.75 Å². The van der Waals surface area contributed by atoms with Gasteiger partial charge in [0.05, 0.1) is 5.56 Å². The van der Waals surface area contributed by atoms with Gasteiger partial charge in [-0.3, -0.25) is 4.79 Å². The van der Waals surface area contributed by atoms with E-state index in [1.165, 1.54) is 6.92 Å². The Morgan fingerprint density at radius 2 is 2.18 bits per heavy atom. The highest BCUT2D eigenvalue weighted by Gasteiger charge is 2.08. The topological polar surface area (TPSA) is 49.3 Å². The van der Waals surface area contributed by atoms with Gasteiger partial charge >= 0.3 is 0 Å². The number of phenols is 1. The van der Waals surface area contributed by atoms with Gasteiger partial charge in [0.2, 0.25) is 0 Å². The first kappa shape index (κ1) is 13.3. The molecular formula is C14H17NO2. The number of hydrogen-bond donors (Lipinski definition) is 2. The van der Waals surface area contributed by atoms with Gasteiger partial charge in [0.1, 0.15) is 5.75 Å². The third-order valence-electron chi connectivity index (χ3n) is 2.45. The maximum absolute atomic E-state index is 11.2. The molecule has 17 heavy (non-hydrogen) atoms. The van der Waals surface area contributed by atoms with Crippen LogP contribution in [0.2, 0.25) is 0 Å². The van der Waals surface area contributed by atoms with Gasteiger partial charge in [0, 0.05) is 18.5 Å². The van der Waals surface area contributed by atoms with Crippen LogP contribution in [0, 0.1) is 18.8 Å². The Labute approximate surface area is 102 Å². The Hall–Kier alpha value is -1.79. The second-order valence-electron chi connectivity index (χ2n) is 3.90. The molecule has 2 N–H and O–H groups in total. The molecule has 3 heteroatoms. The van der Waals surface area contributed by atoms with Gasteiger partial charge in [-0.25, -0.2) is 0 Å². The summed E-state index contributed by atoms with van der Waals surface area (Å²) in [6.45, 7) is 4.16. The second-order valence-corrected chi connectivity index (χ2v) is 3.90. The Morgan fingerprint density at radius 1 is 1.47 bits per heavy atom. The lowest BCUT2D eigenvalue weighted by molar-refractivity contribution is 0.101. The lowest BCUT2D eigenvalue weighted by atomic mass is 10.0. The Morgan fingerprint density at radius 3 is 2.76 bits per heavy atom. The van der Waals surface area contributed by atoms with Gasteiger partial charge < -0.3 is 10.4 Å². The predicted molar refractivity (Wildman–Crippen MR) is 68.3 cm³/mol. The van der Waals surface area contributed by atoms with E-state index in [2.05, 4.69) is 17.2 Å². The van der Waals surface area contributed by atoms with Gasteiger partial charge in [0.15, 0.2) is 5.78 Å². The molecule has 1 aromatic rings. The number of Topliss-reactive ketones (excluding diaryl/α,β-unsaturated/α-hetero) is 1. The molecule has 0 bridgehead atoms. The van der Waals surface area contributed by atoms with Crippen LogP contribution in [0.1, 0.15) is 34.8 Å². The highest BCUT2D eigenvalue weighted by atomic mass is 16.3. The van der Waals surface area contributed by atoms with Crippen molar-refractivity contribution in [2.45, 2.75) is 20.3 Å². The van der Waals surface area contributed by atoms with Crippen molar-refractivity contribution in [3.05, 3.63) is 28.8 Å². The summed E-state index contributed by atoms with van der Waals surface area (Å²) >= 11 is 0. The van der Waals surface area contributed by atoms with E-state index in [9.17, 15) is 9.90 Å². The van der Waals surface area contributed by atoms with E-state index in [-0.39, 0.29) is 11.5 Å². The van der Waals surface area contributed by atoms with Crippen molar-refractivity contribution >= 4 is 5.78 Å². The van der Waals surface area contributed by atoms with Crippen LogP contribution < -0.4 is 5.32 Å². The van der Waals surface area contributed by atoms with E-state index < -0.39 is 0 Å². The summed E-state index contributed by atoms with van der Waals surface area (Å²) in [4.78, 5) is 11.2. The first-order chi connectivity index (χ1) is 8.06. The van der Waals surface area contributed by atoms with Gasteiger partial charge in [-0.15, -0.1) is 0 Å². The molecule has 3 nitrogen and oxygen atoms in total. The summed E-state index contributed by atoms with van der Waals surface area (Å²) in [6, 6.07) is 3.23. The van der Waals surface area contributed by atoms with Crippen molar-refractivity contribution in [3.63, 3.8) is 0 Å². The molecule has 0 radical (unpaired) electrons. The molecule has 0 aliphatic carbocycles. The monoisotopic (exact) mass is 231 g/mol. The minimum atomic E-state index is -0.139. The normalized spacial score (nSPS) is 9.59. The number of hydrogen-bond acceptors (Lipinski definition) is 3. The number of carbonyl (C=O) groups is 1. The summed E-state index contributed by atoms with van der Waals surface area (Å²) < 4.78 is 0. The fourth-order valence-corrected chi connectivity index (χ4v) is 1.46. The molecule has 0 saturated carbocycles. The molecule has 0 aliphatic rings. The molecule has 0 fully saturated rings. The highest BCUT2D eigenvalue weighted by molar-refractivity contribution is 5.97. The molecule has 0 aromatic heterocycles. The molecule has 0 amide bonds. The first-order valence-corrected chi connectivity index (χ1v) is 5.54. The molecule has 0 heterocycles. The van der Waals surface area contributed by atoms with E-state index in [4.69, 9.17) is 0 Å². The van der Waals surface area contributed by atoms with E-state index in [1.54, 1.807) is 12.1 Å². The molecule has 1 aromatic carbocycles. The maximum atomic E-state index is 11.2. The molecular weight excluding hydrogens is 214 g/mol. The third kappa shape index (κ3) is 3.61. The number of rotatable bonds is 3. The van der Waals surface area contributed by atoms with E-state index in [1.807, 2.05) is 14.0 Å². The largest absolute Gasteiger partial charge is 0.507 e. The minimum Gasteiger partial charge on any atom is -0.507 e. The number of benzene rings is 1. The number of phenolic OH excluding ortho intramolecular Hbond substituents is 1. The second kappa shape index (κ2) is 6.07. The average molecular weight is 231 g/mol. The van der Waals surface area contributed by atoms with Gasteiger partial charge in [0.25, 0.3) is 0 Å². The number of aromatic hydroxyl groups is 1. The Balaban J connectivity index is 2.98. The summed E-state index contributed by atoms with van der Waals surface area (Å²) in [7, 11) is 1.88. The van der Waals surface area contributed by atoms with Crippen molar-refractivity contribution in [1.82, 2.24) is 5.32 Å². The predicted octanol–water partition coefficient (Wildman–Crippen LogP) is 1.86. The van der Waals surface area contributed by atoms with Crippen LogP contribution in [0.25, 0.3) is 0 Å². The van der Waals surface area contributed by atoms with Crippen molar-refractivity contribution in [1.29, 1.82) is 0 Å². The van der Waals surface area contributed by atoms with Crippen molar-refractivity contribution < 1.29 is 9.90 Å². The third-order valence-corrected chi connectivity index (χ3v) is 2.45. The summed E-state index contributed by atoms with van der Waals surface area (Å²) in [6.07, 6.45) is 0.755. The van der Waals surface area contributed by atoms with Gasteiger partial charge in [-0.2, -0.15) is 0 Å². The maximum Gasteiger partial charge on any atom is 0.163 e. The van der Waals surface area contributed by atoms with E-state index in [0.717, 1.165) is 24.1 Å². The molecule has 0 atom stereocenters. The van der Waals surface area contributed by atoms with Crippen LogP contribution in [0.15, 0.2) is 12.1 Å². The molecule has 0 aliphatic heterocycles. The zero-order chi connectivity index (χ0) is 12.8. The number of aryl methyl sites for hydroxylation is 1. The van der Waals surface area contributed by atoms with E-state index in [0.29, 0.717) is 5.56 Å². The Kier molecular flexibility index (Phi) is 4.74. The van der Waals surface area contributed by atoms with Crippen molar-refractivity contribution in [2.24, 2.45) is 0 Å². The van der Waals surface area contributed by atoms with Crippen LogP contribution in [0.4, 0.5) is 0 Å². The smallest absolute Gasteiger partial charge is 0.163 e. The van der Waals surface area contributed by atoms with Crippen LogP contribution in [0.3, 0.4) is 0 Å². The standard InChI is InChI=1S/C14H17NO2/c1-10-8-13(11(2)16)14(17)9-12(10)6-4-5-7-15-3/h8-9,15,17H,5,7H2,1-3H3. The van der Waals surface area contributed by atoms with Crippen LogP contribution >= 0.6 is 0 Å². The fraction of sp³-hybridized carbons (Fsp3) is 0.357. The molecule has 0 saturated heterocycles. The average Bonchev–Trinajstić information content (AvgIpc) is 2.28. The highest BCUT2D eigenvalue weighted by Crippen LogP contribution is 2.22. The quantitative estimate of drug-likeness (QED) is 0.474. The molecule has 0 spiro atoms. The molecule has 0 unspecified atom stereocenters. The zero-order valence-corrected chi connectivity index (χ0v) is 10.4. The van der Waals surface area contributed by atoms with Gasteiger partial charge in [-0.05, 0) is 38.6 Å².